The number of hydrogen-bond acceptors (Lipinski definition) is 4. The number of alkyl halides is 3. The zero-order valence-electron chi connectivity index (χ0n) is 19.1. The van der Waals surface area contributed by atoms with E-state index in [1.54, 1.807) is 0 Å². The highest BCUT2D eigenvalue weighted by molar-refractivity contribution is 7.80. The molecule has 2 aliphatic rings. The molecule has 0 bridgehead atoms. The SMILES string of the molecule is CN(C)c1ccccc1N1CCCN(C(NC(=O)C2CNc3ccccc3C2)C(Cl)(Cl)Cl)C1=S. The highest BCUT2D eigenvalue weighted by Crippen LogP contribution is 2.36. The van der Waals surface area contributed by atoms with Crippen molar-refractivity contribution in [2.45, 2.75) is 22.8 Å². The summed E-state index contributed by atoms with van der Waals surface area (Å²) in [6.07, 6.45) is 0.519. The van der Waals surface area contributed by atoms with Crippen molar-refractivity contribution >= 4 is 75.1 Å². The van der Waals surface area contributed by atoms with Gasteiger partial charge in [-0.25, -0.2) is 0 Å². The van der Waals surface area contributed by atoms with Gasteiger partial charge in [0.1, 0.15) is 0 Å². The molecule has 2 unspecified atom stereocenters. The van der Waals surface area contributed by atoms with Crippen LogP contribution in [0.1, 0.15) is 12.0 Å². The number of benzene rings is 2. The minimum absolute atomic E-state index is 0.174. The van der Waals surface area contributed by atoms with Gasteiger partial charge < -0.3 is 25.3 Å². The van der Waals surface area contributed by atoms with E-state index in [2.05, 4.69) is 10.6 Å². The number of carbonyl (C=O) groups excluding carboxylic acids is 1. The summed E-state index contributed by atoms with van der Waals surface area (Å²) >= 11 is 25.1. The number of hydrogen-bond donors (Lipinski definition) is 2. The van der Waals surface area contributed by atoms with Crippen molar-refractivity contribution in [2.24, 2.45) is 5.92 Å². The van der Waals surface area contributed by atoms with Crippen molar-refractivity contribution in [3.63, 3.8) is 0 Å². The maximum Gasteiger partial charge on any atom is 0.228 e. The second-order valence-corrected chi connectivity index (χ2v) is 11.5. The molecule has 1 amide bonds. The van der Waals surface area contributed by atoms with Gasteiger partial charge in [0.15, 0.2) is 11.3 Å². The van der Waals surface area contributed by atoms with Crippen LogP contribution in [-0.4, -0.2) is 59.6 Å². The monoisotopic (exact) mass is 539 g/mol. The molecule has 1 saturated heterocycles. The number of nitrogens with one attached hydrogen (secondary N) is 2. The minimum Gasteiger partial charge on any atom is -0.384 e. The number of carbonyl (C=O) groups is 1. The first-order chi connectivity index (χ1) is 16.2. The van der Waals surface area contributed by atoms with E-state index in [9.17, 15) is 4.79 Å². The molecule has 1 fully saturated rings. The van der Waals surface area contributed by atoms with E-state index in [0.717, 1.165) is 35.6 Å². The van der Waals surface area contributed by atoms with Crippen LogP contribution < -0.4 is 20.4 Å². The van der Waals surface area contributed by atoms with Gasteiger partial charge in [-0.05, 0) is 48.8 Å². The van der Waals surface area contributed by atoms with Gasteiger partial charge in [-0.2, -0.15) is 0 Å². The number of rotatable bonds is 5. The van der Waals surface area contributed by atoms with Crippen LogP contribution in [0.3, 0.4) is 0 Å². The number of para-hydroxylation sites is 3. The van der Waals surface area contributed by atoms with E-state index in [1.165, 1.54) is 0 Å². The summed E-state index contributed by atoms with van der Waals surface area (Å²) < 4.78 is -1.77. The van der Waals surface area contributed by atoms with Crippen LogP contribution in [0.15, 0.2) is 48.5 Å². The molecule has 2 aliphatic heterocycles. The molecule has 0 aliphatic carbocycles. The summed E-state index contributed by atoms with van der Waals surface area (Å²) in [5, 5.41) is 6.84. The minimum atomic E-state index is -1.77. The number of nitrogens with zero attached hydrogens (tertiary/aromatic N) is 3. The third-order valence-electron chi connectivity index (χ3n) is 6.21. The summed E-state index contributed by atoms with van der Waals surface area (Å²) in [4.78, 5) is 19.2. The highest BCUT2D eigenvalue weighted by Gasteiger charge is 2.43. The van der Waals surface area contributed by atoms with Crippen LogP contribution in [0, 0.1) is 5.92 Å². The van der Waals surface area contributed by atoms with Crippen LogP contribution in [0.25, 0.3) is 0 Å². The quantitative estimate of drug-likeness (QED) is 0.425. The summed E-state index contributed by atoms with van der Waals surface area (Å²) in [5.74, 6) is -0.458. The normalized spacial score (nSPS) is 19.2. The molecule has 34 heavy (non-hydrogen) atoms. The molecule has 2 N–H and O–H groups in total. The van der Waals surface area contributed by atoms with Gasteiger partial charge in [0.2, 0.25) is 9.70 Å². The first-order valence-electron chi connectivity index (χ1n) is 11.2. The van der Waals surface area contributed by atoms with Crippen molar-refractivity contribution < 1.29 is 4.79 Å². The third kappa shape index (κ3) is 5.33. The van der Waals surface area contributed by atoms with Gasteiger partial charge >= 0.3 is 0 Å². The molecule has 6 nitrogen and oxygen atoms in total. The van der Waals surface area contributed by atoms with Gasteiger partial charge in [0.05, 0.1) is 17.3 Å². The topological polar surface area (TPSA) is 50.9 Å². The molecular formula is C24H28Cl3N5OS. The first kappa shape index (κ1) is 25.2. The lowest BCUT2D eigenvalue weighted by molar-refractivity contribution is -0.126. The maximum atomic E-state index is 13.3. The Balaban J connectivity index is 1.55. The molecule has 182 valence electrons. The zero-order chi connectivity index (χ0) is 24.5. The molecule has 2 atom stereocenters. The van der Waals surface area contributed by atoms with Crippen molar-refractivity contribution in [2.75, 3.05) is 48.8 Å². The zero-order valence-corrected chi connectivity index (χ0v) is 22.2. The summed E-state index contributed by atoms with van der Waals surface area (Å²) in [6.45, 7) is 1.83. The lowest BCUT2D eigenvalue weighted by Crippen LogP contribution is -2.63. The lowest BCUT2D eigenvalue weighted by Gasteiger charge is -2.45. The number of fused-ring (bicyclic) bond motifs is 1. The standard InChI is InChI=1S/C24H28Cl3N5OS/c1-30(2)19-10-5-6-11-20(19)31-12-7-13-32(23(31)34)22(24(25,26)27)29-21(33)17-14-16-8-3-4-9-18(16)28-15-17/h3-6,8-11,17,22,28H,7,12-15H2,1-2H3,(H,29,33). The highest BCUT2D eigenvalue weighted by atomic mass is 35.6. The molecule has 0 radical (unpaired) electrons. The second kappa shape index (κ2) is 10.4. The van der Waals surface area contributed by atoms with Crippen molar-refractivity contribution in [1.29, 1.82) is 0 Å². The number of anilines is 3. The Morgan fingerprint density at radius 2 is 1.85 bits per heavy atom. The van der Waals surface area contributed by atoms with Crippen LogP contribution in [0.5, 0.6) is 0 Å². The fourth-order valence-corrected chi connectivity index (χ4v) is 5.40. The van der Waals surface area contributed by atoms with E-state index in [4.69, 9.17) is 47.0 Å². The average molecular weight is 541 g/mol. The van der Waals surface area contributed by atoms with E-state index in [1.807, 2.05) is 77.3 Å². The molecule has 0 spiro atoms. The number of amides is 1. The Kier molecular flexibility index (Phi) is 7.67. The predicted octanol–water partition coefficient (Wildman–Crippen LogP) is 4.65. The Hall–Kier alpha value is -1.93. The maximum absolute atomic E-state index is 13.3. The van der Waals surface area contributed by atoms with Gasteiger partial charge in [0.25, 0.3) is 0 Å². The molecule has 2 aromatic rings. The summed E-state index contributed by atoms with van der Waals surface area (Å²) in [7, 11) is 3.98. The molecule has 0 aromatic heterocycles. The van der Waals surface area contributed by atoms with E-state index in [-0.39, 0.29) is 11.8 Å². The fourth-order valence-electron chi connectivity index (χ4n) is 4.50. The lowest BCUT2D eigenvalue weighted by atomic mass is 9.93. The molecule has 2 heterocycles. The average Bonchev–Trinajstić information content (AvgIpc) is 2.82. The Morgan fingerprint density at radius 1 is 1.15 bits per heavy atom. The fraction of sp³-hybridized carbons (Fsp3) is 0.417. The number of thiocarbonyl (C=S) groups is 1. The Labute approximate surface area is 221 Å². The van der Waals surface area contributed by atoms with Crippen LogP contribution in [-0.2, 0) is 11.2 Å². The van der Waals surface area contributed by atoms with Crippen molar-refractivity contribution in [3.05, 3.63) is 54.1 Å². The van der Waals surface area contributed by atoms with Crippen LogP contribution in [0.4, 0.5) is 17.1 Å². The number of halogens is 3. The van der Waals surface area contributed by atoms with Crippen molar-refractivity contribution in [1.82, 2.24) is 10.2 Å². The van der Waals surface area contributed by atoms with Crippen LogP contribution in [0.2, 0.25) is 0 Å². The Bertz CT molecular complexity index is 1060. The largest absolute Gasteiger partial charge is 0.384 e. The van der Waals surface area contributed by atoms with E-state index < -0.39 is 9.96 Å². The van der Waals surface area contributed by atoms with E-state index >= 15 is 0 Å². The summed E-state index contributed by atoms with van der Waals surface area (Å²) in [6, 6.07) is 16.0. The van der Waals surface area contributed by atoms with Crippen molar-refractivity contribution in [3.8, 4) is 0 Å². The molecule has 0 saturated carbocycles. The second-order valence-electron chi connectivity index (χ2n) is 8.76. The molecule has 4 rings (SSSR count). The smallest absolute Gasteiger partial charge is 0.228 e. The Morgan fingerprint density at radius 3 is 2.59 bits per heavy atom. The molecular weight excluding hydrogens is 513 g/mol. The molecule has 2 aromatic carbocycles. The van der Waals surface area contributed by atoms with E-state index in [0.29, 0.717) is 24.6 Å². The predicted molar refractivity (Wildman–Crippen MR) is 146 cm³/mol. The first-order valence-corrected chi connectivity index (χ1v) is 12.7. The summed E-state index contributed by atoms with van der Waals surface area (Å²) in [5.41, 5.74) is 4.16. The molecule has 10 heteroatoms. The van der Waals surface area contributed by atoms with Gasteiger partial charge in [-0.15, -0.1) is 0 Å². The van der Waals surface area contributed by atoms with Gasteiger partial charge in [0, 0.05) is 39.4 Å². The van der Waals surface area contributed by atoms with Crippen LogP contribution >= 0.6 is 47.0 Å². The van der Waals surface area contributed by atoms with Gasteiger partial charge in [-0.1, -0.05) is 65.1 Å². The van der Waals surface area contributed by atoms with Gasteiger partial charge in [-0.3, -0.25) is 4.79 Å². The third-order valence-corrected chi connectivity index (χ3v) is 7.28.